The lowest BCUT2D eigenvalue weighted by atomic mass is 10.2. The van der Waals surface area contributed by atoms with Crippen LogP contribution in [0.3, 0.4) is 0 Å². The van der Waals surface area contributed by atoms with Crippen molar-refractivity contribution in [2.45, 2.75) is 26.8 Å². The van der Waals surface area contributed by atoms with Crippen LogP contribution in [0.5, 0.6) is 11.5 Å². The lowest BCUT2D eigenvalue weighted by Gasteiger charge is -2.14. The van der Waals surface area contributed by atoms with Gasteiger partial charge in [0, 0.05) is 11.8 Å². The maximum atomic E-state index is 12.1. The Morgan fingerprint density at radius 2 is 1.91 bits per heavy atom. The Labute approximate surface area is 128 Å². The third-order valence-corrected chi connectivity index (χ3v) is 3.50. The molecule has 0 spiro atoms. The lowest BCUT2D eigenvalue weighted by Crippen LogP contribution is -2.31. The summed E-state index contributed by atoms with van der Waals surface area (Å²) in [5.74, 6) is 2.87. The molecule has 2 aromatic rings. The molecule has 0 bridgehead atoms. The van der Waals surface area contributed by atoms with Gasteiger partial charge in [0.15, 0.2) is 11.5 Å². The average molecular weight is 302 g/mol. The number of fused-ring (bicyclic) bond motifs is 1. The lowest BCUT2D eigenvalue weighted by molar-refractivity contribution is 0.174. The summed E-state index contributed by atoms with van der Waals surface area (Å²) < 4.78 is 16.1. The van der Waals surface area contributed by atoms with Gasteiger partial charge in [-0.1, -0.05) is 0 Å². The zero-order valence-corrected chi connectivity index (χ0v) is 12.7. The Hall–Kier alpha value is -2.63. The standard InChI is InChI=1S/C16H18N2O4/c1-9-6-14-15(21-8-20-14)7-12(9)18-16(19)17-11(3)13-5-4-10(2)22-13/h4-7,11H,8H2,1-3H3,(H2,17,18,19)/t11-/m0/s1. The number of hydrogen-bond donors (Lipinski definition) is 2. The van der Waals surface area contributed by atoms with E-state index in [0.717, 1.165) is 17.1 Å². The number of aryl methyl sites for hydroxylation is 2. The van der Waals surface area contributed by atoms with Crippen LogP contribution in [0.2, 0.25) is 0 Å². The van der Waals surface area contributed by atoms with Crippen LogP contribution in [0.4, 0.5) is 10.5 Å². The number of rotatable bonds is 3. The minimum Gasteiger partial charge on any atom is -0.464 e. The Morgan fingerprint density at radius 3 is 2.59 bits per heavy atom. The smallest absolute Gasteiger partial charge is 0.319 e. The molecule has 1 aliphatic heterocycles. The molecule has 1 aromatic carbocycles. The van der Waals surface area contributed by atoms with Crippen molar-refractivity contribution in [1.29, 1.82) is 0 Å². The van der Waals surface area contributed by atoms with Crippen molar-refractivity contribution in [3.63, 3.8) is 0 Å². The molecule has 2 heterocycles. The zero-order chi connectivity index (χ0) is 15.7. The second-order valence-corrected chi connectivity index (χ2v) is 5.29. The van der Waals surface area contributed by atoms with E-state index in [1.807, 2.05) is 39.0 Å². The van der Waals surface area contributed by atoms with Gasteiger partial charge in [0.2, 0.25) is 6.79 Å². The first-order valence-corrected chi connectivity index (χ1v) is 7.07. The van der Waals surface area contributed by atoms with Crippen molar-refractivity contribution in [2.24, 2.45) is 0 Å². The molecular formula is C16H18N2O4. The monoisotopic (exact) mass is 302 g/mol. The number of carbonyl (C=O) groups excluding carboxylic acids is 1. The van der Waals surface area contributed by atoms with Gasteiger partial charge in [-0.3, -0.25) is 0 Å². The molecule has 1 atom stereocenters. The minimum absolute atomic E-state index is 0.208. The van der Waals surface area contributed by atoms with E-state index in [0.29, 0.717) is 17.2 Å². The number of nitrogens with one attached hydrogen (secondary N) is 2. The fourth-order valence-corrected chi connectivity index (χ4v) is 2.29. The molecule has 2 amide bonds. The van der Waals surface area contributed by atoms with E-state index in [9.17, 15) is 4.79 Å². The van der Waals surface area contributed by atoms with Crippen LogP contribution in [0.25, 0.3) is 0 Å². The maximum Gasteiger partial charge on any atom is 0.319 e. The van der Waals surface area contributed by atoms with E-state index in [4.69, 9.17) is 13.9 Å². The van der Waals surface area contributed by atoms with Crippen molar-refractivity contribution >= 4 is 11.7 Å². The SMILES string of the molecule is Cc1ccc([C@H](C)NC(=O)Nc2cc3c(cc2C)OCO3)o1. The number of ether oxygens (including phenoxy) is 2. The first-order valence-electron chi connectivity index (χ1n) is 7.07. The number of carbonyl (C=O) groups is 1. The van der Waals surface area contributed by atoms with Gasteiger partial charge in [0.05, 0.1) is 6.04 Å². The molecule has 0 radical (unpaired) electrons. The minimum atomic E-state index is -0.302. The summed E-state index contributed by atoms with van der Waals surface area (Å²) in [5.41, 5.74) is 1.59. The highest BCUT2D eigenvalue weighted by Crippen LogP contribution is 2.36. The maximum absolute atomic E-state index is 12.1. The van der Waals surface area contributed by atoms with Crippen LogP contribution in [0.1, 0.15) is 30.0 Å². The number of urea groups is 1. The molecule has 1 aliphatic rings. The van der Waals surface area contributed by atoms with Crippen LogP contribution in [-0.4, -0.2) is 12.8 Å². The first kappa shape index (κ1) is 14.3. The molecular weight excluding hydrogens is 284 g/mol. The van der Waals surface area contributed by atoms with Crippen LogP contribution in [-0.2, 0) is 0 Å². The van der Waals surface area contributed by atoms with Crippen molar-refractivity contribution in [1.82, 2.24) is 5.32 Å². The summed E-state index contributed by atoms with van der Waals surface area (Å²) in [5, 5.41) is 5.66. The average Bonchev–Trinajstić information content (AvgIpc) is 3.07. The molecule has 22 heavy (non-hydrogen) atoms. The Balaban J connectivity index is 1.67. The van der Waals surface area contributed by atoms with Crippen molar-refractivity contribution in [2.75, 3.05) is 12.1 Å². The van der Waals surface area contributed by atoms with Crippen molar-refractivity contribution < 1.29 is 18.7 Å². The van der Waals surface area contributed by atoms with E-state index in [1.165, 1.54) is 0 Å². The van der Waals surface area contributed by atoms with E-state index in [-0.39, 0.29) is 18.9 Å². The van der Waals surface area contributed by atoms with Gasteiger partial charge in [-0.2, -0.15) is 0 Å². The Morgan fingerprint density at radius 1 is 1.18 bits per heavy atom. The molecule has 0 unspecified atom stereocenters. The fraction of sp³-hybridized carbons (Fsp3) is 0.312. The Bertz CT molecular complexity index is 708. The summed E-state index contributed by atoms with van der Waals surface area (Å²) in [7, 11) is 0. The summed E-state index contributed by atoms with van der Waals surface area (Å²) >= 11 is 0. The summed E-state index contributed by atoms with van der Waals surface area (Å²) in [6, 6.07) is 6.81. The molecule has 0 saturated carbocycles. The van der Waals surface area contributed by atoms with E-state index in [2.05, 4.69) is 10.6 Å². The van der Waals surface area contributed by atoms with E-state index in [1.54, 1.807) is 6.07 Å². The number of hydrogen-bond acceptors (Lipinski definition) is 4. The fourth-order valence-electron chi connectivity index (χ4n) is 2.29. The van der Waals surface area contributed by atoms with Crippen molar-refractivity contribution in [3.8, 4) is 11.5 Å². The van der Waals surface area contributed by atoms with Gasteiger partial charge >= 0.3 is 6.03 Å². The highest BCUT2D eigenvalue weighted by atomic mass is 16.7. The normalized spacial score (nSPS) is 13.8. The molecule has 1 aromatic heterocycles. The largest absolute Gasteiger partial charge is 0.464 e. The third kappa shape index (κ3) is 2.86. The number of amides is 2. The highest BCUT2D eigenvalue weighted by Gasteiger charge is 2.18. The molecule has 0 aliphatic carbocycles. The predicted molar refractivity (Wildman–Crippen MR) is 81.3 cm³/mol. The highest BCUT2D eigenvalue weighted by molar-refractivity contribution is 5.90. The second kappa shape index (κ2) is 5.63. The van der Waals surface area contributed by atoms with Gasteiger partial charge in [-0.15, -0.1) is 0 Å². The molecule has 0 fully saturated rings. The number of anilines is 1. The Kier molecular flexibility index (Phi) is 3.66. The molecule has 6 heteroatoms. The van der Waals surface area contributed by atoms with Gasteiger partial charge in [0.25, 0.3) is 0 Å². The zero-order valence-electron chi connectivity index (χ0n) is 12.7. The summed E-state index contributed by atoms with van der Waals surface area (Å²) in [6.07, 6.45) is 0. The van der Waals surface area contributed by atoms with Crippen LogP contribution < -0.4 is 20.1 Å². The molecule has 6 nitrogen and oxygen atoms in total. The topological polar surface area (TPSA) is 72.7 Å². The van der Waals surface area contributed by atoms with Crippen LogP contribution in [0, 0.1) is 13.8 Å². The number of benzene rings is 1. The summed E-state index contributed by atoms with van der Waals surface area (Å²) in [4.78, 5) is 12.1. The quantitative estimate of drug-likeness (QED) is 0.910. The molecule has 0 saturated heterocycles. The van der Waals surface area contributed by atoms with Gasteiger partial charge in [0.1, 0.15) is 11.5 Å². The van der Waals surface area contributed by atoms with Crippen LogP contribution in [0.15, 0.2) is 28.7 Å². The van der Waals surface area contributed by atoms with Gasteiger partial charge in [-0.25, -0.2) is 4.79 Å². The molecule has 116 valence electrons. The molecule has 3 rings (SSSR count). The van der Waals surface area contributed by atoms with Crippen LogP contribution >= 0.6 is 0 Å². The summed E-state index contributed by atoms with van der Waals surface area (Å²) in [6.45, 7) is 5.84. The predicted octanol–water partition coefficient (Wildman–Crippen LogP) is 3.51. The van der Waals surface area contributed by atoms with E-state index >= 15 is 0 Å². The van der Waals surface area contributed by atoms with Gasteiger partial charge < -0.3 is 24.5 Å². The second-order valence-electron chi connectivity index (χ2n) is 5.29. The first-order chi connectivity index (χ1) is 10.5. The van der Waals surface area contributed by atoms with Gasteiger partial charge in [-0.05, 0) is 44.5 Å². The van der Waals surface area contributed by atoms with Crippen molar-refractivity contribution in [3.05, 3.63) is 41.3 Å². The van der Waals surface area contributed by atoms with E-state index < -0.39 is 0 Å². The molecule has 2 N–H and O–H groups in total. The number of furan rings is 1. The third-order valence-electron chi connectivity index (χ3n) is 3.50.